The van der Waals surface area contributed by atoms with Crippen LogP contribution in [0, 0.1) is 0 Å². The monoisotopic (exact) mass is 378 g/mol. The van der Waals surface area contributed by atoms with Gasteiger partial charge in [0, 0.05) is 24.1 Å². The van der Waals surface area contributed by atoms with Gasteiger partial charge in [0.05, 0.1) is 23.9 Å². The van der Waals surface area contributed by atoms with Crippen LogP contribution in [0.5, 0.6) is 5.75 Å². The minimum absolute atomic E-state index is 0.122. The predicted molar refractivity (Wildman–Crippen MR) is 109 cm³/mol. The Hall–Kier alpha value is -2.82. The number of rotatable bonds is 8. The smallest absolute Gasteiger partial charge is 0.255 e. The number of furan rings is 1. The van der Waals surface area contributed by atoms with Crippen LogP contribution in [0.25, 0.3) is 11.0 Å². The Morgan fingerprint density at radius 2 is 2.14 bits per heavy atom. The predicted octanol–water partition coefficient (Wildman–Crippen LogP) is 5.03. The highest BCUT2D eigenvalue weighted by Crippen LogP contribution is 2.28. The fourth-order valence-electron chi connectivity index (χ4n) is 3.42. The lowest BCUT2D eigenvalue weighted by molar-refractivity contribution is 0.0949. The van der Waals surface area contributed by atoms with E-state index in [1.54, 1.807) is 6.20 Å². The van der Waals surface area contributed by atoms with Crippen LogP contribution in [0.1, 0.15) is 60.8 Å². The second-order valence-electron chi connectivity index (χ2n) is 7.34. The summed E-state index contributed by atoms with van der Waals surface area (Å²) in [5, 5.41) is 3.86. The molecule has 2 heterocycles. The second-order valence-corrected chi connectivity index (χ2v) is 7.34. The molecule has 5 heteroatoms. The van der Waals surface area contributed by atoms with Crippen LogP contribution >= 0.6 is 0 Å². The molecule has 4 rings (SSSR count). The van der Waals surface area contributed by atoms with E-state index in [1.165, 1.54) is 6.42 Å². The molecule has 1 aliphatic rings. The highest BCUT2D eigenvalue weighted by molar-refractivity contribution is 6.07. The van der Waals surface area contributed by atoms with Gasteiger partial charge in [-0.15, -0.1) is 0 Å². The highest BCUT2D eigenvalue weighted by atomic mass is 16.5. The summed E-state index contributed by atoms with van der Waals surface area (Å²) in [7, 11) is 0. The molecule has 1 saturated carbocycles. The number of hydrogen-bond acceptors (Lipinski definition) is 4. The molecular formula is C23H26N2O3. The normalized spacial score (nSPS) is 14.0. The number of para-hydroxylation sites is 1. The molecule has 0 atom stereocenters. The van der Waals surface area contributed by atoms with Crippen LogP contribution < -0.4 is 10.1 Å². The molecule has 0 saturated heterocycles. The van der Waals surface area contributed by atoms with Crippen molar-refractivity contribution in [2.75, 3.05) is 0 Å². The SMILES string of the molecule is CCCCc1oc2ccccc2c1C(=O)NCc1cc(OC2CCC2)ccn1. The van der Waals surface area contributed by atoms with Crippen molar-refractivity contribution in [2.24, 2.45) is 0 Å². The Labute approximate surface area is 165 Å². The zero-order chi connectivity index (χ0) is 19.3. The number of nitrogens with one attached hydrogen (secondary N) is 1. The van der Waals surface area contributed by atoms with E-state index in [1.807, 2.05) is 36.4 Å². The van der Waals surface area contributed by atoms with Gasteiger partial charge in [0.2, 0.25) is 0 Å². The van der Waals surface area contributed by atoms with E-state index in [0.29, 0.717) is 18.2 Å². The Kier molecular flexibility index (Phi) is 5.60. The summed E-state index contributed by atoms with van der Waals surface area (Å²) in [5.74, 6) is 1.46. The minimum Gasteiger partial charge on any atom is -0.490 e. The van der Waals surface area contributed by atoms with Crippen molar-refractivity contribution in [3.05, 3.63) is 59.6 Å². The van der Waals surface area contributed by atoms with E-state index < -0.39 is 0 Å². The van der Waals surface area contributed by atoms with Crippen molar-refractivity contribution < 1.29 is 13.9 Å². The summed E-state index contributed by atoms with van der Waals surface area (Å²) in [5.41, 5.74) is 2.19. The Bertz CT molecular complexity index is 959. The molecule has 0 aliphatic heterocycles. The maximum Gasteiger partial charge on any atom is 0.255 e. The van der Waals surface area contributed by atoms with Gasteiger partial charge in [0.15, 0.2) is 0 Å². The maximum atomic E-state index is 13.0. The zero-order valence-electron chi connectivity index (χ0n) is 16.2. The standard InChI is InChI=1S/C23H26N2O3/c1-2-3-10-21-22(19-9-4-5-11-20(19)28-21)23(26)25-15-16-14-18(12-13-24-16)27-17-7-6-8-17/h4-5,9,11-14,17H,2-3,6-8,10,15H2,1H3,(H,25,26). The van der Waals surface area contributed by atoms with Crippen LogP contribution in [0.4, 0.5) is 0 Å². The number of hydrogen-bond donors (Lipinski definition) is 1. The number of amides is 1. The molecule has 146 valence electrons. The molecule has 2 aromatic heterocycles. The van der Waals surface area contributed by atoms with E-state index in [0.717, 1.165) is 60.3 Å². The molecule has 0 radical (unpaired) electrons. The summed E-state index contributed by atoms with van der Waals surface area (Å²) in [6, 6.07) is 11.5. The fraction of sp³-hybridized carbons (Fsp3) is 0.391. The van der Waals surface area contributed by atoms with Crippen molar-refractivity contribution in [3.8, 4) is 5.75 Å². The summed E-state index contributed by atoms with van der Waals surface area (Å²) < 4.78 is 11.9. The number of fused-ring (bicyclic) bond motifs is 1. The van der Waals surface area contributed by atoms with Gasteiger partial charge in [-0.2, -0.15) is 0 Å². The topological polar surface area (TPSA) is 64.4 Å². The van der Waals surface area contributed by atoms with E-state index in [-0.39, 0.29) is 5.91 Å². The lowest BCUT2D eigenvalue weighted by Gasteiger charge is -2.26. The second kappa shape index (κ2) is 8.46. The summed E-state index contributed by atoms with van der Waals surface area (Å²) in [4.78, 5) is 17.3. The molecule has 28 heavy (non-hydrogen) atoms. The molecule has 1 N–H and O–H groups in total. The van der Waals surface area contributed by atoms with Gasteiger partial charge in [-0.25, -0.2) is 0 Å². The van der Waals surface area contributed by atoms with E-state index in [9.17, 15) is 4.79 Å². The van der Waals surface area contributed by atoms with Gasteiger partial charge in [-0.05, 0) is 37.8 Å². The molecular weight excluding hydrogens is 352 g/mol. The first-order valence-electron chi connectivity index (χ1n) is 10.1. The van der Waals surface area contributed by atoms with Gasteiger partial charge >= 0.3 is 0 Å². The van der Waals surface area contributed by atoms with Crippen molar-refractivity contribution >= 4 is 16.9 Å². The third kappa shape index (κ3) is 4.03. The zero-order valence-corrected chi connectivity index (χ0v) is 16.2. The van der Waals surface area contributed by atoms with Crippen LogP contribution in [-0.2, 0) is 13.0 Å². The summed E-state index contributed by atoms with van der Waals surface area (Å²) >= 11 is 0. The van der Waals surface area contributed by atoms with E-state index in [4.69, 9.17) is 9.15 Å². The van der Waals surface area contributed by atoms with Crippen LogP contribution in [-0.4, -0.2) is 17.0 Å². The molecule has 1 aromatic carbocycles. The van der Waals surface area contributed by atoms with Gasteiger partial charge in [-0.3, -0.25) is 9.78 Å². The number of pyridine rings is 1. The average molecular weight is 378 g/mol. The number of carbonyl (C=O) groups excluding carboxylic acids is 1. The van der Waals surface area contributed by atoms with Crippen LogP contribution in [0.2, 0.25) is 0 Å². The number of unbranched alkanes of at least 4 members (excludes halogenated alkanes) is 1. The first kappa shape index (κ1) is 18.5. The van der Waals surface area contributed by atoms with Crippen molar-refractivity contribution in [1.82, 2.24) is 10.3 Å². The molecule has 0 spiro atoms. The summed E-state index contributed by atoms with van der Waals surface area (Å²) in [6.07, 6.45) is 8.32. The number of aryl methyl sites for hydroxylation is 1. The number of ether oxygens (including phenoxy) is 1. The van der Waals surface area contributed by atoms with Crippen molar-refractivity contribution in [1.29, 1.82) is 0 Å². The first-order valence-corrected chi connectivity index (χ1v) is 10.1. The van der Waals surface area contributed by atoms with E-state index >= 15 is 0 Å². The molecule has 1 amide bonds. The number of benzene rings is 1. The maximum absolute atomic E-state index is 13.0. The Morgan fingerprint density at radius 1 is 1.29 bits per heavy atom. The number of carbonyl (C=O) groups is 1. The Balaban J connectivity index is 1.48. The van der Waals surface area contributed by atoms with Gasteiger partial charge in [0.25, 0.3) is 5.91 Å². The molecule has 1 aliphatic carbocycles. The molecule has 1 fully saturated rings. The van der Waals surface area contributed by atoms with E-state index in [2.05, 4.69) is 17.2 Å². The third-order valence-electron chi connectivity index (χ3n) is 5.23. The Morgan fingerprint density at radius 3 is 2.93 bits per heavy atom. The molecule has 0 unspecified atom stereocenters. The lowest BCUT2D eigenvalue weighted by atomic mass is 9.96. The third-order valence-corrected chi connectivity index (χ3v) is 5.23. The lowest BCUT2D eigenvalue weighted by Crippen LogP contribution is -2.25. The van der Waals surface area contributed by atoms with Crippen LogP contribution in [0.3, 0.4) is 0 Å². The highest BCUT2D eigenvalue weighted by Gasteiger charge is 2.21. The molecule has 0 bridgehead atoms. The van der Waals surface area contributed by atoms with Gasteiger partial charge in [0.1, 0.15) is 17.1 Å². The summed E-state index contributed by atoms with van der Waals surface area (Å²) in [6.45, 7) is 2.49. The molecule has 3 aromatic rings. The first-order chi connectivity index (χ1) is 13.7. The number of nitrogens with zero attached hydrogens (tertiary/aromatic N) is 1. The van der Waals surface area contributed by atoms with Gasteiger partial charge < -0.3 is 14.5 Å². The molecule has 5 nitrogen and oxygen atoms in total. The van der Waals surface area contributed by atoms with Crippen molar-refractivity contribution in [3.63, 3.8) is 0 Å². The fourth-order valence-corrected chi connectivity index (χ4v) is 3.42. The minimum atomic E-state index is -0.122. The number of aromatic nitrogens is 1. The quantitative estimate of drug-likeness (QED) is 0.597. The van der Waals surface area contributed by atoms with Gasteiger partial charge in [-0.1, -0.05) is 31.5 Å². The average Bonchev–Trinajstić information content (AvgIpc) is 3.06. The largest absolute Gasteiger partial charge is 0.490 e. The van der Waals surface area contributed by atoms with Crippen molar-refractivity contribution in [2.45, 2.75) is 58.1 Å². The van der Waals surface area contributed by atoms with Crippen LogP contribution in [0.15, 0.2) is 47.0 Å².